The maximum Gasteiger partial charge on any atom is 0.326 e. The fourth-order valence-corrected chi connectivity index (χ4v) is 5.84. The molecule has 0 bridgehead atoms. The standard InChI is InChI=1S/C41H51FN6O15/c42-28(35(54)36(55)32(50)21-49)20-45-63-22-33(51)44-19-23-8-12-26(13-9-23)37(56)46-31(18-24-10-11-25-5-1-2-6-27(25)17-24)38(57)43-16-4-3-7-29(39(58)59)47-41(62)48-30(40(60)61)14-15-34(52)53/h1-2,5-6,8-13,17,20,28-32,35-36,49-50,54-55H,3-4,7,14-16,18-19,21-22H2,(H,43,57)(H,44,51)(H,46,56)(H,52,53)(H,58,59)(H,60,61)(H2,47,48,62)/b45-20-. The predicted octanol–water partition coefficient (Wildman–Crippen LogP) is -0.430. The minimum absolute atomic E-state index is 0.00719. The van der Waals surface area contributed by atoms with E-state index in [4.69, 9.17) is 15.1 Å². The maximum absolute atomic E-state index is 14.0. The Morgan fingerprint density at radius 3 is 2.00 bits per heavy atom. The van der Waals surface area contributed by atoms with Crippen LogP contribution in [0.2, 0.25) is 0 Å². The van der Waals surface area contributed by atoms with E-state index in [1.165, 1.54) is 12.1 Å². The zero-order valence-electron chi connectivity index (χ0n) is 33.8. The lowest BCUT2D eigenvalue weighted by Crippen LogP contribution is -2.51. The van der Waals surface area contributed by atoms with E-state index < -0.39 is 110 Å². The summed E-state index contributed by atoms with van der Waals surface area (Å²) < 4.78 is 14.0. The van der Waals surface area contributed by atoms with Gasteiger partial charge in [0.15, 0.2) is 12.8 Å². The van der Waals surface area contributed by atoms with Gasteiger partial charge in [0.25, 0.3) is 11.8 Å². The number of aliphatic carboxylic acids is 3. The number of carbonyl (C=O) groups excluding carboxylic acids is 4. The Morgan fingerprint density at radius 1 is 0.730 bits per heavy atom. The molecule has 3 aromatic carbocycles. The lowest BCUT2D eigenvalue weighted by Gasteiger charge is -2.22. The molecule has 342 valence electrons. The lowest BCUT2D eigenvalue weighted by molar-refractivity contribution is -0.141. The largest absolute Gasteiger partial charge is 0.481 e. The average Bonchev–Trinajstić information content (AvgIpc) is 3.26. The highest BCUT2D eigenvalue weighted by molar-refractivity contribution is 5.97. The molecule has 0 saturated carbocycles. The molecule has 3 aromatic rings. The van der Waals surface area contributed by atoms with Crippen LogP contribution < -0.4 is 26.6 Å². The molecule has 63 heavy (non-hydrogen) atoms. The molecule has 0 saturated heterocycles. The second kappa shape index (κ2) is 25.9. The fourth-order valence-electron chi connectivity index (χ4n) is 5.84. The number of urea groups is 1. The molecule has 21 nitrogen and oxygen atoms in total. The molecule has 7 atom stereocenters. The quantitative estimate of drug-likeness (QED) is 0.0263. The van der Waals surface area contributed by atoms with Crippen molar-refractivity contribution >= 4 is 58.6 Å². The van der Waals surface area contributed by atoms with Gasteiger partial charge in [-0.2, -0.15) is 0 Å². The normalized spacial score (nSPS) is 14.6. The van der Waals surface area contributed by atoms with Gasteiger partial charge in [0.2, 0.25) is 5.91 Å². The lowest BCUT2D eigenvalue weighted by atomic mass is 10.0. The third-order valence-electron chi connectivity index (χ3n) is 9.38. The Bertz CT molecular complexity index is 2060. The summed E-state index contributed by atoms with van der Waals surface area (Å²) in [5, 5.41) is 82.3. The molecule has 0 aliphatic carbocycles. The number of aliphatic hydroxyl groups is 4. The van der Waals surface area contributed by atoms with E-state index >= 15 is 0 Å². The minimum atomic E-state index is -2.28. The molecule has 0 heterocycles. The number of unbranched alkanes of at least 4 members (excludes halogenated alkanes) is 1. The van der Waals surface area contributed by atoms with Crippen LogP contribution in [0.5, 0.6) is 0 Å². The molecule has 0 aliphatic heterocycles. The number of carboxylic acid groups (broad SMARTS) is 3. The summed E-state index contributed by atoms with van der Waals surface area (Å²) in [4.78, 5) is 90.1. The number of fused-ring (bicyclic) bond motifs is 1. The van der Waals surface area contributed by atoms with Crippen molar-refractivity contribution in [1.29, 1.82) is 0 Å². The van der Waals surface area contributed by atoms with E-state index in [-0.39, 0.29) is 44.3 Å². The van der Waals surface area contributed by atoms with Gasteiger partial charge in [-0.15, -0.1) is 0 Å². The van der Waals surface area contributed by atoms with Gasteiger partial charge >= 0.3 is 23.9 Å². The second-order valence-electron chi connectivity index (χ2n) is 14.2. The molecule has 5 amide bonds. The zero-order chi connectivity index (χ0) is 46.5. The first-order valence-electron chi connectivity index (χ1n) is 19.6. The van der Waals surface area contributed by atoms with Gasteiger partial charge in [-0.3, -0.25) is 19.2 Å². The first-order chi connectivity index (χ1) is 30.0. The van der Waals surface area contributed by atoms with Crippen molar-refractivity contribution in [2.45, 2.75) is 87.7 Å². The summed E-state index contributed by atoms with van der Waals surface area (Å²) in [5.41, 5.74) is 1.50. The summed E-state index contributed by atoms with van der Waals surface area (Å²) in [6.45, 7) is -1.50. The Kier molecular flexibility index (Phi) is 20.8. The first kappa shape index (κ1) is 50.6. The summed E-state index contributed by atoms with van der Waals surface area (Å²) in [5.74, 6) is -5.95. The molecule has 0 radical (unpaired) electrons. The number of alkyl halides is 1. The van der Waals surface area contributed by atoms with E-state index in [9.17, 15) is 63.5 Å². The van der Waals surface area contributed by atoms with E-state index in [0.29, 0.717) is 11.8 Å². The highest BCUT2D eigenvalue weighted by atomic mass is 19.1. The number of hydrogen-bond donors (Lipinski definition) is 12. The number of nitrogens with zero attached hydrogens (tertiary/aromatic N) is 1. The number of hydrogen-bond acceptors (Lipinski definition) is 13. The molecule has 0 fully saturated rings. The number of benzene rings is 3. The number of halogens is 1. The van der Waals surface area contributed by atoms with Crippen LogP contribution in [0.15, 0.2) is 71.9 Å². The SMILES string of the molecule is O=C(O)CCC(NC(=O)NC(CCCCNC(=O)C(Cc1ccc2ccccc2c1)NC(=O)c1ccc(CNC(=O)CO/N=C\C(F)C(O)C(O)C(O)CO)cc1)C(=O)O)C(=O)O. The van der Waals surface area contributed by atoms with Crippen molar-refractivity contribution in [2.75, 3.05) is 19.8 Å². The topological polar surface area (TPSA) is 343 Å². The van der Waals surface area contributed by atoms with Crippen LogP contribution in [-0.2, 0) is 41.8 Å². The van der Waals surface area contributed by atoms with Crippen LogP contribution in [0.1, 0.15) is 53.6 Å². The van der Waals surface area contributed by atoms with Gasteiger partial charge in [-0.05, 0) is 59.7 Å². The second-order valence-corrected chi connectivity index (χ2v) is 14.2. The summed E-state index contributed by atoms with van der Waals surface area (Å²) in [6.07, 6.45) is -8.20. The van der Waals surface area contributed by atoms with E-state index in [0.717, 1.165) is 16.3 Å². The van der Waals surface area contributed by atoms with Crippen molar-refractivity contribution in [3.63, 3.8) is 0 Å². The average molecular weight is 887 g/mol. The van der Waals surface area contributed by atoms with Gasteiger partial charge in [-0.1, -0.05) is 59.8 Å². The summed E-state index contributed by atoms with van der Waals surface area (Å²) in [6, 6.07) is 14.1. The molecule has 7 unspecified atom stereocenters. The number of oxime groups is 1. The van der Waals surface area contributed by atoms with Crippen LogP contribution in [0, 0.1) is 0 Å². The third-order valence-corrected chi connectivity index (χ3v) is 9.38. The Labute approximate surface area is 359 Å². The maximum atomic E-state index is 14.0. The number of nitrogens with one attached hydrogen (secondary N) is 5. The van der Waals surface area contributed by atoms with Gasteiger partial charge in [0, 0.05) is 31.5 Å². The van der Waals surface area contributed by atoms with Crippen LogP contribution in [0.4, 0.5) is 9.18 Å². The van der Waals surface area contributed by atoms with E-state index in [1.54, 1.807) is 12.1 Å². The monoisotopic (exact) mass is 886 g/mol. The van der Waals surface area contributed by atoms with Gasteiger partial charge in [-0.25, -0.2) is 18.8 Å². The van der Waals surface area contributed by atoms with Crippen LogP contribution in [-0.4, -0.2) is 146 Å². The Balaban J connectivity index is 1.55. The molecule has 0 aliphatic rings. The zero-order valence-corrected chi connectivity index (χ0v) is 33.8. The van der Waals surface area contributed by atoms with Crippen LogP contribution >= 0.6 is 0 Å². The van der Waals surface area contributed by atoms with Crippen molar-refractivity contribution in [1.82, 2.24) is 26.6 Å². The van der Waals surface area contributed by atoms with Crippen molar-refractivity contribution in [3.05, 3.63) is 83.4 Å². The van der Waals surface area contributed by atoms with E-state index in [1.807, 2.05) is 42.5 Å². The first-order valence-corrected chi connectivity index (χ1v) is 19.6. The molecular weight excluding hydrogens is 835 g/mol. The number of amides is 5. The molecule has 3 rings (SSSR count). The van der Waals surface area contributed by atoms with Crippen molar-refractivity contribution < 1.29 is 78.5 Å². The summed E-state index contributed by atoms with van der Waals surface area (Å²) >= 11 is 0. The van der Waals surface area contributed by atoms with Crippen LogP contribution in [0.25, 0.3) is 10.8 Å². The Hall–Kier alpha value is -6.75. The van der Waals surface area contributed by atoms with Gasteiger partial charge in [0.05, 0.1) is 12.8 Å². The van der Waals surface area contributed by atoms with Gasteiger partial charge < -0.3 is 67.2 Å². The van der Waals surface area contributed by atoms with E-state index in [2.05, 4.69) is 31.7 Å². The van der Waals surface area contributed by atoms with Gasteiger partial charge in [0.1, 0.15) is 36.4 Å². The number of rotatable bonds is 27. The smallest absolute Gasteiger partial charge is 0.326 e. The molecule has 0 aromatic heterocycles. The molecule has 0 spiro atoms. The Morgan fingerprint density at radius 2 is 1.37 bits per heavy atom. The number of aliphatic hydroxyl groups excluding tert-OH is 4. The summed E-state index contributed by atoms with van der Waals surface area (Å²) in [7, 11) is 0. The number of carbonyl (C=O) groups is 7. The highest BCUT2D eigenvalue weighted by Crippen LogP contribution is 2.17. The number of carboxylic acids is 3. The highest BCUT2D eigenvalue weighted by Gasteiger charge is 2.31. The molecule has 12 N–H and O–H groups in total. The van der Waals surface area contributed by atoms with Crippen molar-refractivity contribution in [2.24, 2.45) is 5.16 Å². The minimum Gasteiger partial charge on any atom is -0.481 e. The van der Waals surface area contributed by atoms with Crippen LogP contribution in [0.3, 0.4) is 0 Å². The van der Waals surface area contributed by atoms with Crippen molar-refractivity contribution in [3.8, 4) is 0 Å². The fraction of sp³-hybridized carbons (Fsp3) is 0.415. The predicted molar refractivity (Wildman–Crippen MR) is 220 cm³/mol. The molecular formula is C41H51FN6O15. The molecule has 22 heteroatoms. The third kappa shape index (κ3) is 17.6.